The predicted molar refractivity (Wildman–Crippen MR) is 70.1 cm³/mol. The number of hydrogen-bond donors (Lipinski definition) is 2. The van der Waals surface area contributed by atoms with E-state index >= 15 is 0 Å². The van der Waals surface area contributed by atoms with E-state index in [1.165, 1.54) is 0 Å². The minimum absolute atomic E-state index is 0.0231. The molecule has 0 atom stereocenters. The fourth-order valence-electron chi connectivity index (χ4n) is 2.12. The molecule has 1 aliphatic rings. The van der Waals surface area contributed by atoms with Gasteiger partial charge < -0.3 is 15.2 Å². The molecule has 1 aromatic carbocycles. The van der Waals surface area contributed by atoms with Crippen molar-refractivity contribution in [2.24, 2.45) is 5.41 Å². The first-order valence-corrected chi connectivity index (χ1v) is 6.52. The van der Waals surface area contributed by atoms with Crippen molar-refractivity contribution >= 4 is 29.2 Å². The largest absolute Gasteiger partial charge is 0.480 e. The number of carboxylic acids is 1. The van der Waals surface area contributed by atoms with Crippen LogP contribution in [0.1, 0.15) is 12.8 Å². The molecule has 1 heterocycles. The zero-order valence-corrected chi connectivity index (χ0v) is 11.5. The van der Waals surface area contributed by atoms with Crippen molar-refractivity contribution in [3.8, 4) is 0 Å². The Bertz CT molecular complexity index is 588. The second-order valence-electron chi connectivity index (χ2n) is 4.70. The normalized spacial score (nSPS) is 17.3. The molecule has 5 nitrogen and oxygen atoms in total. The van der Waals surface area contributed by atoms with E-state index in [0.717, 1.165) is 6.07 Å². The molecule has 1 amide bonds. The van der Waals surface area contributed by atoms with Crippen LogP contribution >= 0.6 is 11.6 Å². The number of carbonyl (C=O) groups is 2. The molecule has 0 saturated carbocycles. The molecule has 2 N–H and O–H groups in total. The van der Waals surface area contributed by atoms with Crippen LogP contribution in [0.3, 0.4) is 0 Å². The van der Waals surface area contributed by atoms with E-state index in [9.17, 15) is 23.5 Å². The number of hydrogen-bond acceptors (Lipinski definition) is 3. The molecule has 0 spiro atoms. The first kappa shape index (κ1) is 15.7. The number of carboxylic acid groups (broad SMARTS) is 1. The number of carbonyl (C=O) groups excluding carboxylic acids is 1. The lowest BCUT2D eigenvalue weighted by Gasteiger charge is -2.31. The van der Waals surface area contributed by atoms with Gasteiger partial charge in [0.05, 0.1) is 10.7 Å². The number of amides is 1. The molecule has 21 heavy (non-hydrogen) atoms. The number of anilines is 1. The Hall–Kier alpha value is -1.73. The van der Waals surface area contributed by atoms with Crippen molar-refractivity contribution in [3.63, 3.8) is 0 Å². The maximum absolute atomic E-state index is 13.6. The first-order valence-electron chi connectivity index (χ1n) is 6.14. The molecule has 0 unspecified atom stereocenters. The Morgan fingerprint density at radius 2 is 1.86 bits per heavy atom. The van der Waals surface area contributed by atoms with Crippen LogP contribution in [0.4, 0.5) is 14.5 Å². The summed E-state index contributed by atoms with van der Waals surface area (Å²) in [6, 6.07) is 1.42. The molecule has 1 aromatic rings. The van der Waals surface area contributed by atoms with Crippen molar-refractivity contribution in [2.75, 3.05) is 18.5 Å². The highest BCUT2D eigenvalue weighted by molar-refractivity contribution is 6.31. The third kappa shape index (κ3) is 2.98. The van der Waals surface area contributed by atoms with E-state index < -0.39 is 28.9 Å². The number of aliphatic carboxylic acids is 1. The van der Waals surface area contributed by atoms with Crippen molar-refractivity contribution in [3.05, 3.63) is 28.8 Å². The van der Waals surface area contributed by atoms with Crippen LogP contribution in [-0.2, 0) is 14.3 Å². The summed E-state index contributed by atoms with van der Waals surface area (Å²) in [5, 5.41) is 11.1. The van der Waals surface area contributed by atoms with Gasteiger partial charge >= 0.3 is 5.97 Å². The molecule has 2 rings (SSSR count). The van der Waals surface area contributed by atoms with Gasteiger partial charge in [0.1, 0.15) is 11.6 Å². The lowest BCUT2D eigenvalue weighted by Crippen LogP contribution is -2.47. The van der Waals surface area contributed by atoms with E-state index in [1.54, 1.807) is 0 Å². The Balaban J connectivity index is 2.27. The van der Waals surface area contributed by atoms with Gasteiger partial charge in [-0.25, -0.2) is 8.78 Å². The van der Waals surface area contributed by atoms with Crippen molar-refractivity contribution in [2.45, 2.75) is 12.8 Å². The van der Waals surface area contributed by atoms with Gasteiger partial charge in [-0.3, -0.25) is 9.59 Å². The monoisotopic (exact) mass is 319 g/mol. The van der Waals surface area contributed by atoms with Gasteiger partial charge in [0, 0.05) is 19.3 Å². The number of nitrogens with one attached hydrogen (secondary N) is 1. The summed E-state index contributed by atoms with van der Waals surface area (Å²) < 4.78 is 31.7. The van der Waals surface area contributed by atoms with Crippen molar-refractivity contribution in [1.29, 1.82) is 0 Å². The van der Waals surface area contributed by atoms with Gasteiger partial charge in [-0.1, -0.05) is 11.6 Å². The van der Waals surface area contributed by atoms with Crippen molar-refractivity contribution < 1.29 is 28.2 Å². The summed E-state index contributed by atoms with van der Waals surface area (Å²) in [4.78, 5) is 23.6. The third-order valence-corrected chi connectivity index (χ3v) is 3.74. The predicted octanol–water partition coefficient (Wildman–Crippen LogP) is 2.44. The zero-order valence-electron chi connectivity index (χ0n) is 10.8. The van der Waals surface area contributed by atoms with E-state index in [-0.39, 0.29) is 36.8 Å². The standard InChI is InChI=1S/C13H12ClF2NO4/c14-7-5-10(9(16)6-8(7)15)17-11(18)13(12(19)20)1-3-21-4-2-13/h5-6H,1-4H2,(H,17,18)(H,19,20). The maximum Gasteiger partial charge on any atom is 0.319 e. The van der Waals surface area contributed by atoms with E-state index in [4.69, 9.17) is 16.3 Å². The Kier molecular flexibility index (Phi) is 4.43. The van der Waals surface area contributed by atoms with Crippen LogP contribution in [-0.4, -0.2) is 30.2 Å². The Morgan fingerprint density at radius 3 is 2.43 bits per heavy atom. The number of ether oxygens (including phenoxy) is 1. The second-order valence-corrected chi connectivity index (χ2v) is 5.11. The van der Waals surface area contributed by atoms with E-state index in [2.05, 4.69) is 5.32 Å². The molecule has 0 bridgehead atoms. The summed E-state index contributed by atoms with van der Waals surface area (Å²) >= 11 is 5.52. The van der Waals surface area contributed by atoms with Gasteiger partial charge in [0.15, 0.2) is 5.41 Å². The molecule has 0 radical (unpaired) electrons. The fraction of sp³-hybridized carbons (Fsp3) is 0.385. The van der Waals surface area contributed by atoms with Crippen LogP contribution < -0.4 is 5.32 Å². The van der Waals surface area contributed by atoms with Gasteiger partial charge in [0.2, 0.25) is 5.91 Å². The van der Waals surface area contributed by atoms with E-state index in [1.807, 2.05) is 0 Å². The molecule has 114 valence electrons. The highest BCUT2D eigenvalue weighted by Crippen LogP contribution is 2.33. The first-order chi connectivity index (χ1) is 9.86. The summed E-state index contributed by atoms with van der Waals surface area (Å²) in [5.74, 6) is -4.18. The second kappa shape index (κ2) is 5.95. The van der Waals surface area contributed by atoms with E-state index in [0.29, 0.717) is 6.07 Å². The minimum atomic E-state index is -1.69. The smallest absolute Gasteiger partial charge is 0.319 e. The molecule has 0 aliphatic carbocycles. The molecular weight excluding hydrogens is 308 g/mol. The number of rotatable bonds is 3. The summed E-state index contributed by atoms with van der Waals surface area (Å²) in [5.41, 5.74) is -2.05. The molecular formula is C13H12ClF2NO4. The molecule has 1 aliphatic heterocycles. The summed E-state index contributed by atoms with van der Waals surface area (Å²) in [6.07, 6.45) is -0.0462. The zero-order chi connectivity index (χ0) is 15.6. The number of halogens is 3. The molecule has 8 heteroatoms. The average molecular weight is 320 g/mol. The maximum atomic E-state index is 13.6. The lowest BCUT2D eigenvalue weighted by molar-refractivity contribution is -0.160. The molecule has 1 fully saturated rings. The number of benzene rings is 1. The fourth-order valence-corrected chi connectivity index (χ4v) is 2.28. The van der Waals surface area contributed by atoms with Crippen LogP contribution in [0.15, 0.2) is 12.1 Å². The lowest BCUT2D eigenvalue weighted by atomic mass is 9.79. The van der Waals surface area contributed by atoms with Gasteiger partial charge in [-0.2, -0.15) is 0 Å². The van der Waals surface area contributed by atoms with Gasteiger partial charge in [0.25, 0.3) is 0 Å². The molecule has 0 aromatic heterocycles. The quantitative estimate of drug-likeness (QED) is 0.663. The minimum Gasteiger partial charge on any atom is -0.480 e. The summed E-state index contributed by atoms with van der Waals surface area (Å²) in [6.45, 7) is 0.235. The molecule has 1 saturated heterocycles. The van der Waals surface area contributed by atoms with Crippen LogP contribution in [0.5, 0.6) is 0 Å². The highest BCUT2D eigenvalue weighted by Gasteiger charge is 2.47. The highest BCUT2D eigenvalue weighted by atomic mass is 35.5. The van der Waals surface area contributed by atoms with Crippen LogP contribution in [0, 0.1) is 17.0 Å². The Labute approximate surface area is 123 Å². The average Bonchev–Trinajstić information content (AvgIpc) is 2.45. The Morgan fingerprint density at radius 1 is 1.24 bits per heavy atom. The van der Waals surface area contributed by atoms with Gasteiger partial charge in [-0.15, -0.1) is 0 Å². The topological polar surface area (TPSA) is 75.6 Å². The third-order valence-electron chi connectivity index (χ3n) is 3.45. The van der Waals surface area contributed by atoms with Crippen molar-refractivity contribution in [1.82, 2.24) is 0 Å². The SMILES string of the molecule is O=C(O)C1(C(=O)Nc2cc(Cl)c(F)cc2F)CCOCC1. The van der Waals surface area contributed by atoms with Crippen LogP contribution in [0.25, 0.3) is 0 Å². The summed E-state index contributed by atoms with van der Waals surface area (Å²) in [7, 11) is 0. The van der Waals surface area contributed by atoms with Gasteiger partial charge in [-0.05, 0) is 18.9 Å². The van der Waals surface area contributed by atoms with Crippen LogP contribution in [0.2, 0.25) is 5.02 Å².